The van der Waals surface area contributed by atoms with Crippen LogP contribution >= 0.6 is 23.2 Å². The summed E-state index contributed by atoms with van der Waals surface area (Å²) in [6.07, 6.45) is 5.53. The molecule has 0 bridgehead atoms. The number of aromatic amines is 1. The monoisotopic (exact) mass is 515 g/mol. The van der Waals surface area contributed by atoms with E-state index in [-0.39, 0.29) is 18.3 Å². The molecule has 3 N–H and O–H groups in total. The van der Waals surface area contributed by atoms with Gasteiger partial charge >= 0.3 is 0 Å². The van der Waals surface area contributed by atoms with Gasteiger partial charge in [0.15, 0.2) is 5.83 Å². The first kappa shape index (κ1) is 25.1. The number of aliphatic hydroxyl groups is 1. The van der Waals surface area contributed by atoms with E-state index in [1.54, 1.807) is 30.5 Å². The Morgan fingerprint density at radius 3 is 2.63 bits per heavy atom. The highest BCUT2D eigenvalue weighted by molar-refractivity contribution is 6.35. The van der Waals surface area contributed by atoms with Crippen LogP contribution in [0.5, 0.6) is 5.75 Å². The molecule has 3 aromatic heterocycles. The molecule has 0 fully saturated rings. The Labute approximate surface area is 212 Å². The molecule has 0 spiro atoms. The summed E-state index contributed by atoms with van der Waals surface area (Å²) in [5.41, 5.74) is 2.85. The van der Waals surface area contributed by atoms with Crippen LogP contribution in [0.2, 0.25) is 10.0 Å². The fraction of sp³-hybridized carbons (Fsp3) is 0.240. The van der Waals surface area contributed by atoms with Crippen molar-refractivity contribution in [2.24, 2.45) is 0 Å². The lowest BCUT2D eigenvalue weighted by Crippen LogP contribution is -2.28. The first-order chi connectivity index (χ1) is 16.9. The molecule has 182 valence electrons. The zero-order valence-corrected chi connectivity index (χ0v) is 20.6. The van der Waals surface area contributed by atoms with E-state index in [1.165, 1.54) is 18.5 Å². The molecule has 4 rings (SSSR count). The number of aliphatic hydroxyl groups excluding tert-OH is 1. The highest BCUT2D eigenvalue weighted by atomic mass is 35.5. The second-order valence-corrected chi connectivity index (χ2v) is 8.91. The zero-order chi connectivity index (χ0) is 24.9. The third-order valence-electron chi connectivity index (χ3n) is 5.42. The van der Waals surface area contributed by atoms with Crippen molar-refractivity contribution in [1.82, 2.24) is 25.5 Å². The first-order valence-electron chi connectivity index (χ1n) is 11.0. The van der Waals surface area contributed by atoms with Crippen molar-refractivity contribution in [3.8, 4) is 5.75 Å². The summed E-state index contributed by atoms with van der Waals surface area (Å²) in [5, 5.41) is 20.6. The van der Waals surface area contributed by atoms with Gasteiger partial charge in [-0.05, 0) is 49.8 Å². The van der Waals surface area contributed by atoms with Crippen molar-refractivity contribution in [3.05, 3.63) is 81.5 Å². The normalized spacial score (nSPS) is 13.7. The maximum Gasteiger partial charge on any atom is 0.151 e. The molecular weight excluding hydrogens is 492 g/mol. The fourth-order valence-electron chi connectivity index (χ4n) is 3.51. The molecule has 1 aromatic carbocycles. The molecule has 10 heteroatoms. The number of benzene rings is 1. The highest BCUT2D eigenvalue weighted by Crippen LogP contribution is 2.34. The van der Waals surface area contributed by atoms with E-state index in [4.69, 9.17) is 33.0 Å². The lowest BCUT2D eigenvalue weighted by molar-refractivity contribution is 0.227. The molecule has 0 amide bonds. The van der Waals surface area contributed by atoms with Crippen LogP contribution in [0.4, 0.5) is 4.39 Å². The van der Waals surface area contributed by atoms with Crippen molar-refractivity contribution < 1.29 is 14.2 Å². The average molecular weight is 516 g/mol. The molecule has 4 aromatic rings. The van der Waals surface area contributed by atoms with Gasteiger partial charge in [0.1, 0.15) is 17.5 Å². The van der Waals surface area contributed by atoms with Crippen molar-refractivity contribution in [3.63, 3.8) is 0 Å². The van der Waals surface area contributed by atoms with Gasteiger partial charge in [0.05, 0.1) is 27.9 Å². The molecule has 0 saturated heterocycles. The van der Waals surface area contributed by atoms with Crippen molar-refractivity contribution in [2.75, 3.05) is 6.61 Å². The Morgan fingerprint density at radius 1 is 1.17 bits per heavy atom. The summed E-state index contributed by atoms with van der Waals surface area (Å²) in [6, 6.07) is 8.81. The standard InChI is InChI=1S/C25H24Cl2FN5O2/c1-14(13-34)30-10-17-4-3-16(9-31-17)7-22(28)25-19-8-18(5-6-23(19)32-33-25)35-15(2)24-20(26)11-29-12-21(24)27/h3-9,11-12,14-15,30,34H,10,13H2,1-2H3,(H,32,33)/b22-7-/t14-,15-/m0/s1. The molecule has 0 aliphatic rings. The predicted octanol–water partition coefficient (Wildman–Crippen LogP) is 5.74. The van der Waals surface area contributed by atoms with E-state index in [1.807, 2.05) is 19.9 Å². The maximum atomic E-state index is 15.2. The summed E-state index contributed by atoms with van der Waals surface area (Å²) in [7, 11) is 0. The van der Waals surface area contributed by atoms with Gasteiger partial charge in [-0.2, -0.15) is 5.10 Å². The Bertz CT molecular complexity index is 1320. The van der Waals surface area contributed by atoms with Crippen molar-refractivity contribution >= 4 is 46.0 Å². The fourth-order valence-corrected chi connectivity index (χ4v) is 4.18. The number of aromatic nitrogens is 4. The van der Waals surface area contributed by atoms with Gasteiger partial charge in [0, 0.05) is 42.1 Å². The summed E-state index contributed by atoms with van der Waals surface area (Å²) >= 11 is 12.5. The molecule has 2 atom stereocenters. The molecule has 0 aliphatic heterocycles. The van der Waals surface area contributed by atoms with Crippen LogP contribution in [0.25, 0.3) is 22.8 Å². The lowest BCUT2D eigenvalue weighted by atomic mass is 10.1. The number of halogens is 3. The number of H-pyrrole nitrogens is 1. The summed E-state index contributed by atoms with van der Waals surface area (Å²) in [6.45, 7) is 4.25. The van der Waals surface area contributed by atoms with Gasteiger partial charge < -0.3 is 15.2 Å². The third-order valence-corrected chi connectivity index (χ3v) is 6.02. The predicted molar refractivity (Wildman–Crippen MR) is 136 cm³/mol. The Kier molecular flexibility index (Phi) is 7.97. The summed E-state index contributed by atoms with van der Waals surface area (Å²) < 4.78 is 21.2. The minimum atomic E-state index is -0.511. The van der Waals surface area contributed by atoms with Gasteiger partial charge in [-0.25, -0.2) is 4.39 Å². The topological polar surface area (TPSA) is 96.0 Å². The molecule has 3 heterocycles. The largest absolute Gasteiger partial charge is 0.486 e. The minimum Gasteiger partial charge on any atom is -0.486 e. The number of pyridine rings is 2. The Hall–Kier alpha value is -3.04. The molecule has 0 aliphatic carbocycles. The van der Waals surface area contributed by atoms with Crippen LogP contribution in [0.15, 0.2) is 48.9 Å². The Morgan fingerprint density at radius 2 is 1.94 bits per heavy atom. The van der Waals surface area contributed by atoms with Crippen LogP contribution in [0.3, 0.4) is 0 Å². The third kappa shape index (κ3) is 5.97. The zero-order valence-electron chi connectivity index (χ0n) is 19.1. The van der Waals surface area contributed by atoms with Gasteiger partial charge in [0.25, 0.3) is 0 Å². The molecule has 7 nitrogen and oxygen atoms in total. The van der Waals surface area contributed by atoms with E-state index in [0.29, 0.717) is 44.4 Å². The number of nitrogens with one attached hydrogen (secondary N) is 2. The number of hydrogen-bond acceptors (Lipinski definition) is 6. The molecule has 0 radical (unpaired) electrons. The highest BCUT2D eigenvalue weighted by Gasteiger charge is 2.17. The summed E-state index contributed by atoms with van der Waals surface area (Å²) in [5.74, 6) is 0.00303. The first-order valence-corrected chi connectivity index (χ1v) is 11.7. The average Bonchev–Trinajstić information content (AvgIpc) is 3.26. The summed E-state index contributed by atoms with van der Waals surface area (Å²) in [4.78, 5) is 8.30. The quantitative estimate of drug-likeness (QED) is 0.263. The minimum absolute atomic E-state index is 0.0303. The van der Waals surface area contributed by atoms with Crippen molar-refractivity contribution in [1.29, 1.82) is 0 Å². The van der Waals surface area contributed by atoms with Gasteiger partial charge in [-0.3, -0.25) is 15.1 Å². The van der Waals surface area contributed by atoms with Gasteiger partial charge in [-0.15, -0.1) is 0 Å². The van der Waals surface area contributed by atoms with E-state index < -0.39 is 11.9 Å². The number of fused-ring (bicyclic) bond motifs is 1. The second kappa shape index (κ2) is 11.1. The van der Waals surface area contributed by atoms with Crippen LogP contribution in [-0.4, -0.2) is 37.9 Å². The molecule has 35 heavy (non-hydrogen) atoms. The smallest absolute Gasteiger partial charge is 0.151 e. The molecule has 0 unspecified atom stereocenters. The van der Waals surface area contributed by atoms with E-state index >= 15 is 4.39 Å². The number of nitrogens with zero attached hydrogens (tertiary/aromatic N) is 3. The maximum absolute atomic E-state index is 15.2. The molecule has 0 saturated carbocycles. The van der Waals surface area contributed by atoms with E-state index in [9.17, 15) is 0 Å². The van der Waals surface area contributed by atoms with Crippen LogP contribution in [-0.2, 0) is 6.54 Å². The van der Waals surface area contributed by atoms with Gasteiger partial charge in [-0.1, -0.05) is 29.3 Å². The lowest BCUT2D eigenvalue weighted by Gasteiger charge is -2.17. The SMILES string of the molecule is C[C@H](Oc1ccc2[nH]nc(/C(F)=C/c3ccc(CN[C@@H](C)CO)nc3)c2c1)c1c(Cl)cncc1Cl. The van der Waals surface area contributed by atoms with E-state index in [0.717, 1.165) is 5.69 Å². The molecular formula is C25H24Cl2FN5O2. The van der Waals surface area contributed by atoms with Crippen LogP contribution in [0.1, 0.15) is 42.5 Å². The van der Waals surface area contributed by atoms with Crippen molar-refractivity contribution in [2.45, 2.75) is 32.5 Å². The van der Waals surface area contributed by atoms with Crippen LogP contribution < -0.4 is 10.1 Å². The number of ether oxygens (including phenoxy) is 1. The second-order valence-electron chi connectivity index (χ2n) is 8.10. The van der Waals surface area contributed by atoms with Gasteiger partial charge in [0.2, 0.25) is 0 Å². The Balaban J connectivity index is 1.54. The number of rotatable bonds is 9. The number of hydrogen-bond donors (Lipinski definition) is 3. The van der Waals surface area contributed by atoms with Crippen LogP contribution in [0, 0.1) is 0 Å². The van der Waals surface area contributed by atoms with E-state index in [2.05, 4.69) is 25.5 Å².